The molecule has 0 saturated carbocycles. The molecule has 0 radical (unpaired) electrons. The number of hydrogen-bond donors (Lipinski definition) is 14. The zero-order valence-electron chi connectivity index (χ0n) is 21.8. The van der Waals surface area contributed by atoms with Crippen LogP contribution in [0.15, 0.2) is 0 Å². The number of aliphatic carboxylic acids is 1. The Bertz CT molecular complexity index is 881. The quantitative estimate of drug-likeness (QED) is 0.102. The van der Waals surface area contributed by atoms with E-state index in [4.69, 9.17) is 23.7 Å². The average Bonchev–Trinajstić information content (AvgIpc) is 2.96. The number of carbonyl (C=O) groups is 1. The second-order valence-corrected chi connectivity index (χ2v) is 10.3. The highest BCUT2D eigenvalue weighted by Gasteiger charge is 2.57. The number of rotatable bonds is 11. The van der Waals surface area contributed by atoms with Crippen molar-refractivity contribution in [2.24, 2.45) is 0 Å². The molecule has 0 aromatic carbocycles. The minimum absolute atomic E-state index is 0.954. The SMILES string of the molecule is O=C(O)[C@@]1(O)C[C@@H](O)[C@@H](O[C@H]2OC([C@@H](O)CO)[C@@H](O)[C@H](O[C@H]3O[C@@H]([C@@H](O)CO)[C@@H](O)C(O)C3O)C2O)C([C@H](O)CO)O1. The molecule has 20 nitrogen and oxygen atoms in total. The van der Waals surface area contributed by atoms with Crippen LogP contribution < -0.4 is 0 Å². The molecular formula is C22H38O20. The molecule has 3 fully saturated rings. The molecule has 3 aliphatic rings. The van der Waals surface area contributed by atoms with Crippen LogP contribution in [0.2, 0.25) is 0 Å². The number of aliphatic hydroxyl groups is 13. The van der Waals surface area contributed by atoms with Crippen molar-refractivity contribution in [2.75, 3.05) is 19.8 Å². The molecule has 0 amide bonds. The Kier molecular flexibility index (Phi) is 11.9. The summed E-state index contributed by atoms with van der Waals surface area (Å²) in [7, 11) is 0. The summed E-state index contributed by atoms with van der Waals surface area (Å²) >= 11 is 0. The Morgan fingerprint density at radius 1 is 0.690 bits per heavy atom. The summed E-state index contributed by atoms with van der Waals surface area (Å²) < 4.78 is 26.6. The summed E-state index contributed by atoms with van der Waals surface area (Å²) in [4.78, 5) is 11.5. The van der Waals surface area contributed by atoms with Crippen molar-refractivity contribution in [3.05, 3.63) is 0 Å². The van der Waals surface area contributed by atoms with E-state index in [9.17, 15) is 76.3 Å². The molecule has 0 aromatic heterocycles. The van der Waals surface area contributed by atoms with Gasteiger partial charge in [-0.2, -0.15) is 0 Å². The fourth-order valence-electron chi connectivity index (χ4n) is 4.94. The maximum absolute atomic E-state index is 11.5. The van der Waals surface area contributed by atoms with Gasteiger partial charge >= 0.3 is 5.97 Å². The largest absolute Gasteiger partial charge is 0.477 e. The van der Waals surface area contributed by atoms with Crippen LogP contribution in [0.4, 0.5) is 0 Å². The summed E-state index contributed by atoms with van der Waals surface area (Å²) in [5.74, 6) is -4.98. The highest BCUT2D eigenvalue weighted by molar-refractivity contribution is 5.75. The Labute approximate surface area is 236 Å². The first-order valence-corrected chi connectivity index (χ1v) is 12.8. The second-order valence-electron chi connectivity index (χ2n) is 10.3. The number of carboxylic acid groups (broad SMARTS) is 1. The standard InChI is InChI=1S/C22H38O20/c23-2-6(27)14-10(31)9(30)11(32)19(38-14)41-18-12(33)15(7(28)3-24)39-20(13(18)34)40-16-5(26)1-22(37,21(35)36)42-17(16)8(29)4-25/h5-20,23-34,37H,1-4H2,(H,35,36)/t5-,6+,7+,8-,9?,10+,11?,12-,13?,14+,15?,16-,17?,18+,19-,20-,22-/m1/s1. The molecule has 0 spiro atoms. The van der Waals surface area contributed by atoms with Gasteiger partial charge in [0.1, 0.15) is 79.4 Å². The van der Waals surface area contributed by atoms with E-state index in [1.807, 2.05) is 0 Å². The molecule has 20 heteroatoms. The van der Waals surface area contributed by atoms with Crippen LogP contribution in [0, 0.1) is 0 Å². The molecule has 246 valence electrons. The highest BCUT2D eigenvalue weighted by atomic mass is 16.8. The summed E-state index contributed by atoms with van der Waals surface area (Å²) in [6.07, 6.45) is -32.4. The van der Waals surface area contributed by atoms with Crippen molar-refractivity contribution >= 4 is 5.97 Å². The lowest BCUT2D eigenvalue weighted by Gasteiger charge is -2.49. The fourth-order valence-corrected chi connectivity index (χ4v) is 4.94. The van der Waals surface area contributed by atoms with E-state index in [0.717, 1.165) is 0 Å². The van der Waals surface area contributed by atoms with Crippen LogP contribution in [-0.4, -0.2) is 201 Å². The maximum Gasteiger partial charge on any atom is 0.364 e. The Balaban J connectivity index is 1.90. The molecule has 42 heavy (non-hydrogen) atoms. The first-order valence-electron chi connectivity index (χ1n) is 12.8. The second kappa shape index (κ2) is 14.2. The van der Waals surface area contributed by atoms with Gasteiger partial charge in [-0.05, 0) is 0 Å². The average molecular weight is 623 g/mol. The van der Waals surface area contributed by atoms with E-state index < -0.39 is 136 Å². The lowest BCUT2D eigenvalue weighted by Crippen LogP contribution is -2.68. The normalized spacial score (nSPS) is 47.0. The Morgan fingerprint density at radius 2 is 1.14 bits per heavy atom. The van der Waals surface area contributed by atoms with Gasteiger partial charge in [0.2, 0.25) is 0 Å². The van der Waals surface area contributed by atoms with Gasteiger partial charge in [-0.15, -0.1) is 0 Å². The van der Waals surface area contributed by atoms with Crippen molar-refractivity contribution in [2.45, 2.75) is 110 Å². The zero-order valence-corrected chi connectivity index (χ0v) is 21.8. The molecule has 0 aromatic rings. The molecule has 3 aliphatic heterocycles. The van der Waals surface area contributed by atoms with E-state index in [1.54, 1.807) is 0 Å². The van der Waals surface area contributed by atoms with Gasteiger partial charge < -0.3 is 95.2 Å². The van der Waals surface area contributed by atoms with Gasteiger partial charge in [-0.3, -0.25) is 0 Å². The maximum atomic E-state index is 11.5. The van der Waals surface area contributed by atoms with Crippen molar-refractivity contribution in [3.63, 3.8) is 0 Å². The van der Waals surface area contributed by atoms with E-state index >= 15 is 0 Å². The molecule has 14 N–H and O–H groups in total. The summed E-state index contributed by atoms with van der Waals surface area (Å²) in [5.41, 5.74) is 0. The summed E-state index contributed by atoms with van der Waals surface area (Å²) in [6.45, 7) is -3.06. The van der Waals surface area contributed by atoms with Crippen molar-refractivity contribution in [3.8, 4) is 0 Å². The van der Waals surface area contributed by atoms with Gasteiger partial charge in [-0.25, -0.2) is 4.79 Å². The Hall–Kier alpha value is -1.25. The third-order valence-corrected chi connectivity index (χ3v) is 7.32. The first kappa shape index (κ1) is 35.2. The molecule has 5 unspecified atom stereocenters. The van der Waals surface area contributed by atoms with E-state index in [2.05, 4.69) is 0 Å². The van der Waals surface area contributed by atoms with Gasteiger partial charge in [0.15, 0.2) is 12.6 Å². The predicted octanol–water partition coefficient (Wildman–Crippen LogP) is -9.01. The third-order valence-electron chi connectivity index (χ3n) is 7.32. The van der Waals surface area contributed by atoms with Gasteiger partial charge in [0.25, 0.3) is 5.79 Å². The number of hydrogen-bond acceptors (Lipinski definition) is 19. The van der Waals surface area contributed by atoms with Crippen LogP contribution >= 0.6 is 0 Å². The molecule has 3 heterocycles. The minimum Gasteiger partial charge on any atom is -0.477 e. The predicted molar refractivity (Wildman–Crippen MR) is 124 cm³/mol. The van der Waals surface area contributed by atoms with Crippen LogP contribution in [0.5, 0.6) is 0 Å². The number of aliphatic hydroxyl groups excluding tert-OH is 12. The van der Waals surface area contributed by atoms with Crippen molar-refractivity contribution < 1.29 is 100.0 Å². The van der Waals surface area contributed by atoms with Gasteiger partial charge in [0.05, 0.1) is 25.9 Å². The van der Waals surface area contributed by atoms with Crippen molar-refractivity contribution in [1.29, 1.82) is 0 Å². The lowest BCUT2D eigenvalue weighted by atomic mass is 9.91. The molecule has 17 atom stereocenters. The van der Waals surface area contributed by atoms with E-state index in [1.165, 1.54) is 0 Å². The third kappa shape index (κ3) is 7.01. The highest BCUT2D eigenvalue weighted by Crippen LogP contribution is 2.36. The zero-order chi connectivity index (χ0) is 31.7. The van der Waals surface area contributed by atoms with E-state index in [-0.39, 0.29) is 0 Å². The van der Waals surface area contributed by atoms with Gasteiger partial charge in [0, 0.05) is 6.42 Å². The molecular weight excluding hydrogens is 584 g/mol. The van der Waals surface area contributed by atoms with Crippen LogP contribution in [0.1, 0.15) is 6.42 Å². The monoisotopic (exact) mass is 622 g/mol. The smallest absolute Gasteiger partial charge is 0.364 e. The topological polar surface area (TPSA) is 346 Å². The minimum atomic E-state index is -3.03. The lowest BCUT2D eigenvalue weighted by molar-refractivity contribution is -0.386. The first-order chi connectivity index (χ1) is 19.6. The Morgan fingerprint density at radius 3 is 1.64 bits per heavy atom. The van der Waals surface area contributed by atoms with Crippen LogP contribution in [0.25, 0.3) is 0 Å². The van der Waals surface area contributed by atoms with Crippen molar-refractivity contribution in [1.82, 2.24) is 0 Å². The summed E-state index contributed by atoms with van der Waals surface area (Å²) in [5, 5.41) is 141. The van der Waals surface area contributed by atoms with E-state index in [0.29, 0.717) is 0 Å². The molecule has 0 aliphatic carbocycles. The molecule has 0 bridgehead atoms. The van der Waals surface area contributed by atoms with Crippen LogP contribution in [-0.2, 0) is 28.5 Å². The number of carboxylic acids is 1. The fraction of sp³-hybridized carbons (Fsp3) is 0.955. The summed E-state index contributed by atoms with van der Waals surface area (Å²) in [6, 6.07) is 0. The van der Waals surface area contributed by atoms with Crippen LogP contribution in [0.3, 0.4) is 0 Å². The number of ether oxygens (including phenoxy) is 5. The molecule has 3 rings (SSSR count). The molecule has 3 saturated heterocycles. The van der Waals surface area contributed by atoms with Gasteiger partial charge in [-0.1, -0.05) is 0 Å².